The number of thioether (sulfide) groups is 1. The summed E-state index contributed by atoms with van der Waals surface area (Å²) in [5.41, 5.74) is 1.52. The minimum absolute atomic E-state index is 0.280. The molecule has 0 aliphatic carbocycles. The van der Waals surface area contributed by atoms with Crippen molar-refractivity contribution in [1.29, 1.82) is 0 Å². The van der Waals surface area contributed by atoms with Crippen molar-refractivity contribution in [2.75, 3.05) is 19.0 Å². The van der Waals surface area contributed by atoms with E-state index in [9.17, 15) is 9.59 Å². The van der Waals surface area contributed by atoms with Gasteiger partial charge in [0.15, 0.2) is 6.61 Å². The van der Waals surface area contributed by atoms with Crippen molar-refractivity contribution in [1.82, 2.24) is 10.1 Å². The topological polar surface area (TPSA) is 104 Å². The number of hydrogen-bond donors (Lipinski definition) is 1. The molecule has 0 spiro atoms. The fourth-order valence-corrected chi connectivity index (χ4v) is 3.30. The highest BCUT2D eigenvalue weighted by atomic mass is 32.2. The average molecular weight is 413 g/mol. The highest BCUT2D eigenvalue weighted by Gasteiger charge is 2.17. The second kappa shape index (κ2) is 9.74. The number of hydrogen-bond acceptors (Lipinski definition) is 8. The fraction of sp³-hybridized carbons (Fsp3) is 0.200. The Morgan fingerprint density at radius 1 is 1.21 bits per heavy atom. The third-order valence-corrected chi connectivity index (χ3v) is 4.78. The van der Waals surface area contributed by atoms with Gasteiger partial charge in [0.05, 0.1) is 24.1 Å². The summed E-state index contributed by atoms with van der Waals surface area (Å²) in [6, 6.07) is 12.0. The van der Waals surface area contributed by atoms with Crippen molar-refractivity contribution in [2.45, 2.75) is 17.7 Å². The summed E-state index contributed by atoms with van der Waals surface area (Å²) < 4.78 is 15.4. The fourth-order valence-electron chi connectivity index (χ4n) is 2.43. The first-order valence-corrected chi connectivity index (χ1v) is 9.65. The van der Waals surface area contributed by atoms with Crippen molar-refractivity contribution in [3.05, 3.63) is 65.7 Å². The number of amides is 1. The van der Waals surface area contributed by atoms with Crippen molar-refractivity contribution in [3.63, 3.8) is 0 Å². The molecule has 0 unspecified atom stereocenters. The summed E-state index contributed by atoms with van der Waals surface area (Å²) in [6.07, 6.45) is 1.58. The summed E-state index contributed by atoms with van der Waals surface area (Å²) in [5.74, 6) is 0.609. The van der Waals surface area contributed by atoms with Gasteiger partial charge < -0.3 is 19.3 Å². The molecule has 2 aromatic heterocycles. The van der Waals surface area contributed by atoms with E-state index in [0.717, 1.165) is 5.69 Å². The molecule has 0 radical (unpaired) electrons. The number of esters is 1. The van der Waals surface area contributed by atoms with Gasteiger partial charge in [0.2, 0.25) is 0 Å². The number of rotatable bonds is 8. The number of carbonyl (C=O) groups excluding carboxylic acids is 2. The molecule has 0 atom stereocenters. The summed E-state index contributed by atoms with van der Waals surface area (Å²) >= 11 is 1.33. The van der Waals surface area contributed by atoms with Crippen LogP contribution in [0, 0.1) is 6.92 Å². The van der Waals surface area contributed by atoms with Crippen LogP contribution < -0.4 is 10.1 Å². The van der Waals surface area contributed by atoms with Gasteiger partial charge in [-0.15, -0.1) is 0 Å². The lowest BCUT2D eigenvalue weighted by Gasteiger charge is -2.11. The van der Waals surface area contributed by atoms with Gasteiger partial charge in [0.25, 0.3) is 5.91 Å². The Hall–Kier alpha value is -3.33. The lowest BCUT2D eigenvalue weighted by Crippen LogP contribution is -2.21. The van der Waals surface area contributed by atoms with E-state index in [2.05, 4.69) is 15.5 Å². The first-order valence-electron chi connectivity index (χ1n) is 8.67. The van der Waals surface area contributed by atoms with Crippen LogP contribution >= 0.6 is 11.8 Å². The van der Waals surface area contributed by atoms with E-state index in [4.69, 9.17) is 14.0 Å². The van der Waals surface area contributed by atoms with E-state index in [1.807, 2.05) is 6.07 Å². The van der Waals surface area contributed by atoms with Crippen molar-refractivity contribution < 1.29 is 23.6 Å². The Morgan fingerprint density at radius 3 is 2.79 bits per heavy atom. The van der Waals surface area contributed by atoms with E-state index in [-0.39, 0.29) is 5.56 Å². The van der Waals surface area contributed by atoms with Crippen molar-refractivity contribution in [2.24, 2.45) is 0 Å². The highest BCUT2D eigenvalue weighted by molar-refractivity contribution is 7.98. The second-order valence-corrected chi connectivity index (χ2v) is 6.86. The zero-order chi connectivity index (χ0) is 20.6. The molecular weight excluding hydrogens is 394 g/mol. The van der Waals surface area contributed by atoms with Gasteiger partial charge in [-0.1, -0.05) is 29.1 Å². The van der Waals surface area contributed by atoms with Gasteiger partial charge >= 0.3 is 5.97 Å². The average Bonchev–Trinajstić information content (AvgIpc) is 3.16. The van der Waals surface area contributed by atoms with Gasteiger partial charge in [0, 0.05) is 18.0 Å². The smallest absolute Gasteiger partial charge is 0.341 e. The van der Waals surface area contributed by atoms with Crippen LogP contribution in [-0.4, -0.2) is 35.7 Å². The molecule has 0 saturated carbocycles. The zero-order valence-electron chi connectivity index (χ0n) is 15.9. The monoisotopic (exact) mass is 413 g/mol. The van der Waals surface area contributed by atoms with Crippen LogP contribution in [0.2, 0.25) is 0 Å². The van der Waals surface area contributed by atoms with E-state index < -0.39 is 18.5 Å². The molecule has 9 heteroatoms. The number of para-hydroxylation sites is 2. The van der Waals surface area contributed by atoms with Crippen LogP contribution in [0.5, 0.6) is 5.75 Å². The number of ether oxygens (including phenoxy) is 2. The quantitative estimate of drug-likeness (QED) is 0.442. The maximum atomic E-state index is 12.4. The SMILES string of the molecule is COc1ccccc1NC(=O)COC(=O)c1cccnc1SCc1cc(C)on1. The molecule has 8 nitrogen and oxygen atoms in total. The molecule has 1 aromatic carbocycles. The third-order valence-electron chi connectivity index (χ3n) is 3.74. The molecule has 0 fully saturated rings. The number of anilines is 1. The first-order chi connectivity index (χ1) is 14.1. The number of nitrogens with one attached hydrogen (secondary N) is 1. The minimum Gasteiger partial charge on any atom is -0.495 e. The molecule has 1 amide bonds. The van der Waals surface area contributed by atoms with E-state index >= 15 is 0 Å². The summed E-state index contributed by atoms with van der Waals surface area (Å²) in [6.45, 7) is 1.37. The van der Waals surface area contributed by atoms with E-state index in [1.54, 1.807) is 49.5 Å². The van der Waals surface area contributed by atoms with Crippen molar-refractivity contribution >= 4 is 29.3 Å². The second-order valence-electron chi connectivity index (χ2n) is 5.90. The molecule has 3 aromatic rings. The Kier molecular flexibility index (Phi) is 6.85. The number of aryl methyl sites for hydroxylation is 1. The standard InChI is InChI=1S/C20H19N3O5S/c1-13-10-14(23-28-13)12-29-19-15(6-5-9-21-19)20(25)27-11-18(24)22-16-7-3-4-8-17(16)26-2/h3-10H,11-12H2,1-2H3,(H,22,24). The van der Waals surface area contributed by atoms with Gasteiger partial charge in [-0.05, 0) is 31.2 Å². The summed E-state index contributed by atoms with van der Waals surface area (Å²) in [4.78, 5) is 28.8. The number of methoxy groups -OCH3 is 1. The van der Waals surface area contributed by atoms with E-state index in [1.165, 1.54) is 18.9 Å². The number of aromatic nitrogens is 2. The molecule has 1 N–H and O–H groups in total. The first kappa shape index (κ1) is 20.4. The van der Waals surface area contributed by atoms with Crippen LogP contribution in [0.3, 0.4) is 0 Å². The molecule has 29 heavy (non-hydrogen) atoms. The van der Waals surface area contributed by atoms with Crippen LogP contribution in [0.15, 0.2) is 58.2 Å². The lowest BCUT2D eigenvalue weighted by molar-refractivity contribution is -0.119. The van der Waals surface area contributed by atoms with Crippen LogP contribution in [0.25, 0.3) is 0 Å². The molecule has 0 aliphatic heterocycles. The largest absolute Gasteiger partial charge is 0.495 e. The van der Waals surface area contributed by atoms with Crippen LogP contribution in [0.4, 0.5) is 5.69 Å². The predicted molar refractivity (Wildman–Crippen MR) is 107 cm³/mol. The summed E-state index contributed by atoms with van der Waals surface area (Å²) in [5, 5.41) is 7.06. The number of nitrogens with zero attached hydrogens (tertiary/aromatic N) is 2. The van der Waals surface area contributed by atoms with Gasteiger partial charge in [0.1, 0.15) is 16.5 Å². The predicted octanol–water partition coefficient (Wildman–Crippen LogP) is 3.47. The Bertz CT molecular complexity index is 1010. The maximum Gasteiger partial charge on any atom is 0.341 e. The molecular formula is C20H19N3O5S. The maximum absolute atomic E-state index is 12.4. The Morgan fingerprint density at radius 2 is 2.03 bits per heavy atom. The summed E-state index contributed by atoms with van der Waals surface area (Å²) in [7, 11) is 1.51. The normalized spacial score (nSPS) is 10.4. The molecule has 0 aliphatic rings. The molecule has 150 valence electrons. The van der Waals surface area contributed by atoms with Gasteiger partial charge in [-0.2, -0.15) is 0 Å². The van der Waals surface area contributed by atoms with Gasteiger partial charge in [-0.3, -0.25) is 4.79 Å². The van der Waals surface area contributed by atoms with Gasteiger partial charge in [-0.25, -0.2) is 9.78 Å². The zero-order valence-corrected chi connectivity index (χ0v) is 16.7. The minimum atomic E-state index is -0.632. The number of pyridine rings is 1. The van der Waals surface area contributed by atoms with Crippen LogP contribution in [0.1, 0.15) is 21.8 Å². The lowest BCUT2D eigenvalue weighted by atomic mass is 10.3. The third kappa shape index (κ3) is 5.58. The number of carbonyl (C=O) groups is 2. The molecule has 2 heterocycles. The molecule has 0 saturated heterocycles. The van der Waals surface area contributed by atoms with E-state index in [0.29, 0.717) is 28.0 Å². The molecule has 0 bridgehead atoms. The highest BCUT2D eigenvalue weighted by Crippen LogP contribution is 2.25. The molecule has 3 rings (SSSR count). The Labute approximate surface area is 171 Å². The van der Waals surface area contributed by atoms with Crippen LogP contribution in [-0.2, 0) is 15.3 Å². The Balaban J connectivity index is 1.58. The number of benzene rings is 1. The van der Waals surface area contributed by atoms with Crippen molar-refractivity contribution in [3.8, 4) is 5.75 Å².